The normalized spacial score (nSPS) is 11.4. The van der Waals surface area contributed by atoms with E-state index in [1.54, 1.807) is 13.0 Å². The van der Waals surface area contributed by atoms with Crippen LogP contribution in [0.4, 0.5) is 8.78 Å². The lowest BCUT2D eigenvalue weighted by Gasteiger charge is -2.20. The van der Waals surface area contributed by atoms with E-state index in [9.17, 15) is 13.6 Å². The van der Waals surface area contributed by atoms with Crippen molar-refractivity contribution in [2.75, 3.05) is 6.61 Å². The lowest BCUT2D eigenvalue weighted by molar-refractivity contribution is -0.137. The van der Waals surface area contributed by atoms with Gasteiger partial charge in [-0.25, -0.2) is 8.78 Å². The van der Waals surface area contributed by atoms with Crippen molar-refractivity contribution >= 4 is 21.9 Å². The quantitative estimate of drug-likeness (QED) is 0.811. The molecule has 1 N–H and O–H groups in total. The molecule has 0 aliphatic heterocycles. The summed E-state index contributed by atoms with van der Waals surface area (Å²) in [6, 6.07) is 4.42. The van der Waals surface area contributed by atoms with Gasteiger partial charge in [-0.2, -0.15) is 0 Å². The minimum atomic E-state index is -3.11. The molecule has 0 aliphatic carbocycles. The third-order valence-electron chi connectivity index (χ3n) is 2.52. The van der Waals surface area contributed by atoms with E-state index in [0.717, 1.165) is 0 Å². The van der Waals surface area contributed by atoms with E-state index in [1.165, 1.54) is 12.1 Å². The minimum Gasteiger partial charge on any atom is -0.493 e. The number of halogens is 3. The fourth-order valence-corrected chi connectivity index (χ4v) is 2.03. The predicted molar refractivity (Wildman–Crippen MR) is 70.7 cm³/mol. The number of carbonyl (C=O) groups is 1. The summed E-state index contributed by atoms with van der Waals surface area (Å²) < 4.78 is 33.9. The summed E-state index contributed by atoms with van der Waals surface area (Å²) in [7, 11) is 0. The Morgan fingerprint density at radius 3 is 2.74 bits per heavy atom. The van der Waals surface area contributed by atoms with Crippen LogP contribution >= 0.6 is 15.9 Å². The van der Waals surface area contributed by atoms with Gasteiger partial charge in [0.1, 0.15) is 5.75 Å². The second-order valence-electron chi connectivity index (χ2n) is 4.03. The average molecular weight is 337 g/mol. The Morgan fingerprint density at radius 1 is 1.47 bits per heavy atom. The molecule has 0 atom stereocenters. The van der Waals surface area contributed by atoms with E-state index < -0.39 is 18.3 Å². The second-order valence-corrected chi connectivity index (χ2v) is 4.94. The Balaban J connectivity index is 2.91. The number of alkyl halides is 2. The zero-order valence-corrected chi connectivity index (χ0v) is 12.0. The summed E-state index contributed by atoms with van der Waals surface area (Å²) in [5.74, 6) is -4.05. The number of rotatable bonds is 7. The van der Waals surface area contributed by atoms with Crippen molar-refractivity contribution in [1.29, 1.82) is 0 Å². The number of hydrogen-bond acceptors (Lipinski definition) is 2. The monoisotopic (exact) mass is 336 g/mol. The van der Waals surface area contributed by atoms with Crippen molar-refractivity contribution in [3.63, 3.8) is 0 Å². The summed E-state index contributed by atoms with van der Waals surface area (Å²) in [6.45, 7) is 2.01. The Morgan fingerprint density at radius 2 is 2.16 bits per heavy atom. The van der Waals surface area contributed by atoms with Crippen LogP contribution in [0.3, 0.4) is 0 Å². The smallest absolute Gasteiger partial charge is 0.303 e. The standard InChI is InChI=1S/C13H15BrF2O3/c1-2-19-11-6-5-9(14)8-10(11)13(15,16)7-3-4-12(17)18/h5-6,8H,2-4,7H2,1H3,(H,17,18). The van der Waals surface area contributed by atoms with Gasteiger partial charge in [-0.1, -0.05) is 15.9 Å². The molecule has 3 nitrogen and oxygen atoms in total. The van der Waals surface area contributed by atoms with Gasteiger partial charge in [0, 0.05) is 17.3 Å². The van der Waals surface area contributed by atoms with Gasteiger partial charge in [0.15, 0.2) is 0 Å². The van der Waals surface area contributed by atoms with Gasteiger partial charge >= 0.3 is 5.97 Å². The Kier molecular flexibility index (Phi) is 5.72. The minimum absolute atomic E-state index is 0.0829. The highest BCUT2D eigenvalue weighted by molar-refractivity contribution is 9.10. The highest BCUT2D eigenvalue weighted by atomic mass is 79.9. The maximum absolute atomic E-state index is 14.1. The summed E-state index contributed by atoms with van der Waals surface area (Å²) >= 11 is 3.15. The van der Waals surface area contributed by atoms with E-state index in [2.05, 4.69) is 15.9 Å². The fraction of sp³-hybridized carbons (Fsp3) is 0.462. The van der Waals surface area contributed by atoms with Crippen LogP contribution in [-0.4, -0.2) is 17.7 Å². The number of ether oxygens (including phenoxy) is 1. The van der Waals surface area contributed by atoms with E-state index in [4.69, 9.17) is 9.84 Å². The second kappa shape index (κ2) is 6.84. The first-order valence-electron chi connectivity index (χ1n) is 5.89. The first-order chi connectivity index (χ1) is 8.86. The van der Waals surface area contributed by atoms with Gasteiger partial charge in [0.25, 0.3) is 5.92 Å². The van der Waals surface area contributed by atoms with Crippen LogP contribution in [0.2, 0.25) is 0 Å². The first-order valence-corrected chi connectivity index (χ1v) is 6.68. The van der Waals surface area contributed by atoms with E-state index in [0.29, 0.717) is 11.1 Å². The topological polar surface area (TPSA) is 46.5 Å². The lowest BCUT2D eigenvalue weighted by atomic mass is 10.0. The molecule has 1 aromatic carbocycles. The number of aliphatic carboxylic acids is 1. The fourth-order valence-electron chi connectivity index (χ4n) is 1.67. The third kappa shape index (κ3) is 4.78. The summed E-state index contributed by atoms with van der Waals surface area (Å²) in [4.78, 5) is 10.4. The highest BCUT2D eigenvalue weighted by Gasteiger charge is 2.34. The van der Waals surface area contributed by atoms with E-state index in [1.807, 2.05) is 0 Å². The molecule has 1 rings (SSSR count). The van der Waals surface area contributed by atoms with Crippen molar-refractivity contribution in [2.45, 2.75) is 32.1 Å². The zero-order chi connectivity index (χ0) is 14.5. The molecule has 0 aliphatic rings. The lowest BCUT2D eigenvalue weighted by Crippen LogP contribution is -2.16. The van der Waals surface area contributed by atoms with Crippen molar-refractivity contribution in [2.24, 2.45) is 0 Å². The van der Waals surface area contributed by atoms with Crippen LogP contribution in [0.1, 0.15) is 31.7 Å². The molecule has 0 saturated carbocycles. The summed E-state index contributed by atoms with van der Waals surface area (Å²) in [5, 5.41) is 8.49. The molecule has 0 heterocycles. The van der Waals surface area contributed by atoms with Crippen LogP contribution in [-0.2, 0) is 10.7 Å². The van der Waals surface area contributed by atoms with Crippen LogP contribution in [0.25, 0.3) is 0 Å². The van der Waals surface area contributed by atoms with Crippen molar-refractivity contribution < 1.29 is 23.4 Å². The molecular weight excluding hydrogens is 322 g/mol. The molecular formula is C13H15BrF2O3. The zero-order valence-electron chi connectivity index (χ0n) is 10.5. The van der Waals surface area contributed by atoms with Crippen LogP contribution < -0.4 is 4.74 Å². The first kappa shape index (κ1) is 15.9. The van der Waals surface area contributed by atoms with Crippen molar-refractivity contribution in [1.82, 2.24) is 0 Å². The molecule has 0 radical (unpaired) electrons. The van der Waals surface area contributed by atoms with Gasteiger partial charge < -0.3 is 9.84 Å². The molecule has 1 aromatic rings. The molecule has 0 spiro atoms. The molecule has 0 aromatic heterocycles. The van der Waals surface area contributed by atoms with Crippen LogP contribution in [0.15, 0.2) is 22.7 Å². The van der Waals surface area contributed by atoms with Crippen LogP contribution in [0, 0.1) is 0 Å². The molecule has 106 valence electrons. The molecule has 0 fully saturated rings. The molecule has 19 heavy (non-hydrogen) atoms. The number of carboxylic acid groups (broad SMARTS) is 1. The van der Waals surface area contributed by atoms with Gasteiger partial charge in [0.2, 0.25) is 0 Å². The Labute approximate surface area is 118 Å². The molecule has 0 unspecified atom stereocenters. The number of hydrogen-bond donors (Lipinski definition) is 1. The third-order valence-corrected chi connectivity index (χ3v) is 3.01. The van der Waals surface area contributed by atoms with Crippen LogP contribution in [0.5, 0.6) is 5.75 Å². The Bertz CT molecular complexity index is 450. The summed E-state index contributed by atoms with van der Waals surface area (Å²) in [6.07, 6.45) is -0.871. The van der Waals surface area contributed by atoms with Crippen molar-refractivity contribution in [3.05, 3.63) is 28.2 Å². The Hall–Kier alpha value is -1.17. The molecule has 0 amide bonds. The molecule has 0 bridgehead atoms. The summed E-state index contributed by atoms with van der Waals surface area (Å²) in [5.41, 5.74) is -0.214. The van der Waals surface area contributed by atoms with Gasteiger partial charge in [0.05, 0.1) is 12.2 Å². The van der Waals surface area contributed by atoms with E-state index in [-0.39, 0.29) is 24.2 Å². The largest absolute Gasteiger partial charge is 0.493 e. The highest BCUT2D eigenvalue weighted by Crippen LogP contribution is 2.40. The van der Waals surface area contributed by atoms with Gasteiger partial charge in [-0.15, -0.1) is 0 Å². The average Bonchev–Trinajstić information content (AvgIpc) is 2.31. The van der Waals surface area contributed by atoms with Gasteiger partial charge in [-0.3, -0.25) is 4.79 Å². The van der Waals surface area contributed by atoms with E-state index >= 15 is 0 Å². The maximum Gasteiger partial charge on any atom is 0.303 e. The number of benzene rings is 1. The van der Waals surface area contributed by atoms with Crippen molar-refractivity contribution in [3.8, 4) is 5.75 Å². The number of carboxylic acids is 1. The van der Waals surface area contributed by atoms with Gasteiger partial charge in [-0.05, 0) is 31.5 Å². The maximum atomic E-state index is 14.1. The molecule has 6 heteroatoms. The SMILES string of the molecule is CCOc1ccc(Br)cc1C(F)(F)CCCC(=O)O. The molecule has 0 saturated heterocycles. The predicted octanol–water partition coefficient (Wildman–Crippen LogP) is 4.19.